The summed E-state index contributed by atoms with van der Waals surface area (Å²) in [7, 11) is -4.62. The second-order valence-corrected chi connectivity index (χ2v) is 8.52. The maximum atomic E-state index is 12.7. The molecule has 0 heterocycles. The van der Waals surface area contributed by atoms with E-state index < -0.39 is 56.4 Å². The summed E-state index contributed by atoms with van der Waals surface area (Å²) < 4.78 is 22.1. The molecule has 11 heteroatoms. The Labute approximate surface area is 170 Å². The normalized spacial score (nSPS) is 15.2. The fourth-order valence-corrected chi connectivity index (χ4v) is 4.09. The second kappa shape index (κ2) is 11.7. The number of amides is 1. The molecule has 1 aromatic rings. The molecule has 0 aliphatic heterocycles. The van der Waals surface area contributed by atoms with Gasteiger partial charge in [0.1, 0.15) is 12.4 Å². The van der Waals surface area contributed by atoms with E-state index in [0.29, 0.717) is 6.42 Å². The van der Waals surface area contributed by atoms with Gasteiger partial charge in [-0.25, -0.2) is 4.79 Å². The Morgan fingerprint density at radius 2 is 1.86 bits per heavy atom. The Morgan fingerprint density at radius 3 is 2.38 bits per heavy atom. The van der Waals surface area contributed by atoms with E-state index in [1.165, 1.54) is 0 Å². The van der Waals surface area contributed by atoms with Crippen molar-refractivity contribution in [3.8, 4) is 0 Å². The van der Waals surface area contributed by atoms with E-state index in [-0.39, 0.29) is 7.85 Å². The third kappa shape index (κ3) is 8.74. The minimum Gasteiger partial charge on any atom is -0.479 e. The van der Waals surface area contributed by atoms with Crippen LogP contribution in [0.15, 0.2) is 30.3 Å². The lowest BCUT2D eigenvalue weighted by Gasteiger charge is -2.28. The molecule has 164 valence electrons. The van der Waals surface area contributed by atoms with E-state index in [1.807, 2.05) is 30.3 Å². The molecule has 0 saturated heterocycles. The molecule has 5 N–H and O–H groups in total. The number of benzene rings is 1. The number of nitrogens with two attached hydrogens (primary N) is 1. The van der Waals surface area contributed by atoms with E-state index in [0.717, 1.165) is 5.56 Å². The molecule has 10 nitrogen and oxygen atoms in total. The molecular formula is C18H29N2O8P. The highest BCUT2D eigenvalue weighted by atomic mass is 31.2. The highest BCUT2D eigenvalue weighted by Crippen LogP contribution is 2.50. The summed E-state index contributed by atoms with van der Waals surface area (Å²) >= 11 is 0. The van der Waals surface area contributed by atoms with Gasteiger partial charge < -0.3 is 25.8 Å². The first-order valence-electron chi connectivity index (χ1n) is 8.99. The molecule has 0 aliphatic rings. The lowest BCUT2D eigenvalue weighted by Crippen LogP contribution is -2.41. The van der Waals surface area contributed by atoms with Gasteiger partial charge in [-0.1, -0.05) is 44.2 Å². The Bertz CT molecular complexity index is 747. The van der Waals surface area contributed by atoms with Crippen LogP contribution in [-0.4, -0.2) is 52.9 Å². The molecule has 0 aromatic heterocycles. The van der Waals surface area contributed by atoms with Crippen molar-refractivity contribution in [3.05, 3.63) is 35.9 Å². The van der Waals surface area contributed by atoms with Gasteiger partial charge in [0, 0.05) is 7.85 Å². The zero-order chi connectivity index (χ0) is 22.0. The molecule has 0 spiro atoms. The van der Waals surface area contributed by atoms with Crippen molar-refractivity contribution in [1.82, 2.24) is 5.32 Å². The standard InChI is InChI=1S/C18H27N2O8P.H2/c1-12(2)17(20-15(21)9-8-13-6-4-3-5-7-13)29(25,26)28-14(18(23)24)11-27-16(22)10-19;/h3-7,12,14,17H,8-11,19H2,1-2H3,(H,20,21)(H,23,24)(H,25,26);1H. The maximum Gasteiger partial charge on any atom is 0.351 e. The molecule has 0 aliphatic carbocycles. The van der Waals surface area contributed by atoms with Crippen molar-refractivity contribution in [2.45, 2.75) is 38.6 Å². The highest BCUT2D eigenvalue weighted by Gasteiger charge is 2.40. The number of esters is 1. The van der Waals surface area contributed by atoms with Gasteiger partial charge in [0.2, 0.25) is 5.91 Å². The van der Waals surface area contributed by atoms with E-state index in [2.05, 4.69) is 10.1 Å². The number of carbonyl (C=O) groups excluding carboxylic acids is 2. The molecule has 0 radical (unpaired) electrons. The zero-order valence-electron chi connectivity index (χ0n) is 16.3. The Hall–Kier alpha value is -2.26. The number of carboxylic acids is 1. The average Bonchev–Trinajstić information content (AvgIpc) is 2.67. The first kappa shape index (κ1) is 24.8. The summed E-state index contributed by atoms with van der Waals surface area (Å²) in [6, 6.07) is 9.23. The van der Waals surface area contributed by atoms with Gasteiger partial charge in [0.05, 0.1) is 6.54 Å². The van der Waals surface area contributed by atoms with Crippen LogP contribution in [-0.2, 0) is 34.6 Å². The van der Waals surface area contributed by atoms with Crippen LogP contribution in [0.1, 0.15) is 27.3 Å². The summed E-state index contributed by atoms with van der Waals surface area (Å²) in [5.74, 6) is -4.83. The predicted octanol–water partition coefficient (Wildman–Crippen LogP) is 1.12. The Kier molecular flexibility index (Phi) is 9.97. The smallest absolute Gasteiger partial charge is 0.351 e. The Morgan fingerprint density at radius 1 is 1.24 bits per heavy atom. The minimum atomic E-state index is -4.62. The molecule has 1 amide bonds. The molecular weight excluding hydrogens is 403 g/mol. The number of rotatable bonds is 12. The SMILES string of the molecule is CC(C)C(NC(=O)CCc1ccccc1)P(=O)(O)OC(COC(=O)CN)C(=O)O.[HH]. The van der Waals surface area contributed by atoms with Crippen LogP contribution < -0.4 is 11.1 Å². The summed E-state index contributed by atoms with van der Waals surface area (Å²) in [5, 5.41) is 11.6. The van der Waals surface area contributed by atoms with Crippen molar-refractivity contribution in [3.63, 3.8) is 0 Å². The molecule has 1 aromatic carbocycles. The van der Waals surface area contributed by atoms with Gasteiger partial charge >= 0.3 is 19.5 Å². The van der Waals surface area contributed by atoms with Gasteiger partial charge in [-0.05, 0) is 17.9 Å². The molecule has 3 atom stereocenters. The number of carbonyl (C=O) groups is 3. The van der Waals surface area contributed by atoms with Gasteiger partial charge in [0.15, 0.2) is 6.10 Å². The number of hydrogen-bond donors (Lipinski definition) is 4. The first-order chi connectivity index (χ1) is 13.6. The zero-order valence-corrected chi connectivity index (χ0v) is 17.2. The Balaban J connectivity index is 0.00000841. The van der Waals surface area contributed by atoms with E-state index in [4.69, 9.17) is 15.4 Å². The van der Waals surface area contributed by atoms with Gasteiger partial charge in [-0.3, -0.25) is 18.7 Å². The number of hydrogen-bond acceptors (Lipinski definition) is 7. The summed E-state index contributed by atoms with van der Waals surface area (Å²) in [6.45, 7) is 1.90. The van der Waals surface area contributed by atoms with Crippen molar-refractivity contribution in [2.75, 3.05) is 13.2 Å². The number of nitrogens with one attached hydrogen (secondary N) is 1. The molecule has 0 bridgehead atoms. The van der Waals surface area contributed by atoms with Gasteiger partial charge in [-0.2, -0.15) is 0 Å². The topological polar surface area (TPSA) is 165 Å². The van der Waals surface area contributed by atoms with Crippen molar-refractivity contribution in [1.29, 1.82) is 0 Å². The van der Waals surface area contributed by atoms with Crippen molar-refractivity contribution < 1.29 is 39.6 Å². The van der Waals surface area contributed by atoms with Crippen LogP contribution >= 0.6 is 7.60 Å². The highest BCUT2D eigenvalue weighted by molar-refractivity contribution is 7.53. The van der Waals surface area contributed by atoms with Gasteiger partial charge in [-0.15, -0.1) is 0 Å². The largest absolute Gasteiger partial charge is 0.479 e. The van der Waals surface area contributed by atoms with Crippen LogP contribution in [0, 0.1) is 5.92 Å². The lowest BCUT2D eigenvalue weighted by molar-refractivity contribution is -0.154. The number of aryl methyl sites for hydroxylation is 1. The minimum absolute atomic E-state index is 0. The van der Waals surface area contributed by atoms with Crippen LogP contribution in [0.3, 0.4) is 0 Å². The second-order valence-electron chi connectivity index (χ2n) is 6.63. The van der Waals surface area contributed by atoms with Crippen LogP contribution in [0.5, 0.6) is 0 Å². The molecule has 0 saturated carbocycles. The molecule has 29 heavy (non-hydrogen) atoms. The third-order valence-electron chi connectivity index (χ3n) is 3.89. The maximum absolute atomic E-state index is 12.7. The van der Waals surface area contributed by atoms with E-state index in [9.17, 15) is 23.8 Å². The number of carboxylic acid groups (broad SMARTS) is 1. The quantitative estimate of drug-likeness (QED) is 0.280. The summed E-state index contributed by atoms with van der Waals surface area (Å²) in [6.07, 6.45) is -1.38. The fourth-order valence-electron chi connectivity index (χ4n) is 2.39. The van der Waals surface area contributed by atoms with E-state index >= 15 is 0 Å². The van der Waals surface area contributed by atoms with Crippen molar-refractivity contribution >= 4 is 25.4 Å². The molecule has 0 fully saturated rings. The first-order valence-corrected chi connectivity index (χ1v) is 10.6. The number of aliphatic carboxylic acids is 1. The van der Waals surface area contributed by atoms with Crippen LogP contribution in [0.2, 0.25) is 0 Å². The summed E-state index contributed by atoms with van der Waals surface area (Å²) in [4.78, 5) is 44.9. The third-order valence-corrected chi connectivity index (χ3v) is 5.88. The van der Waals surface area contributed by atoms with Crippen LogP contribution in [0.4, 0.5) is 0 Å². The predicted molar refractivity (Wildman–Crippen MR) is 106 cm³/mol. The number of ether oxygens (including phenoxy) is 1. The van der Waals surface area contributed by atoms with Crippen molar-refractivity contribution in [2.24, 2.45) is 11.7 Å². The lowest BCUT2D eigenvalue weighted by atomic mass is 10.1. The van der Waals surface area contributed by atoms with E-state index in [1.54, 1.807) is 13.8 Å². The van der Waals surface area contributed by atoms with Gasteiger partial charge in [0.25, 0.3) is 0 Å². The summed E-state index contributed by atoms with van der Waals surface area (Å²) in [5.41, 5.74) is 5.99. The molecule has 1 rings (SSSR count). The monoisotopic (exact) mass is 432 g/mol. The molecule has 3 unspecified atom stereocenters. The van der Waals surface area contributed by atoms with Crippen LogP contribution in [0.25, 0.3) is 0 Å². The average molecular weight is 432 g/mol. The fraction of sp³-hybridized carbons (Fsp3) is 0.500.